The minimum Gasteiger partial charge on any atom is -0.493 e. The van der Waals surface area contributed by atoms with Gasteiger partial charge in [-0.3, -0.25) is 4.79 Å². The number of hydrogen-bond donors (Lipinski definition) is 3. The Hall–Kier alpha value is -5.11. The lowest BCUT2D eigenvalue weighted by Crippen LogP contribution is -2.45. The zero-order chi connectivity index (χ0) is 33.2. The maximum atomic E-state index is 13.2. The fourth-order valence-electron chi connectivity index (χ4n) is 4.42. The van der Waals surface area contributed by atoms with Crippen molar-refractivity contribution in [2.45, 2.75) is 26.5 Å². The highest BCUT2D eigenvalue weighted by molar-refractivity contribution is 9.10. The normalized spacial score (nSPS) is 14.3. The third-order valence-corrected chi connectivity index (χ3v) is 7.31. The van der Waals surface area contributed by atoms with Gasteiger partial charge in [-0.15, -0.1) is 0 Å². The standard InChI is InChI=1S/C32H32BrFN4O8/c1-5-44-31(40)29-18(2)36-32(41)37-30(29)20-8-11-24(25(12-20)42-3)46-17-28(39)38-35-15-21-13-26(43-4)27(14-23(21)33)45-16-19-6-9-22(34)10-7-19/h6-15,30H,5,16-17H2,1-4H3,(H,38,39)(H2,36,37,41)/b35-15-/t30-/m0/s1. The van der Waals surface area contributed by atoms with Crippen molar-refractivity contribution < 1.29 is 42.5 Å². The van der Waals surface area contributed by atoms with E-state index in [4.69, 9.17) is 23.7 Å². The van der Waals surface area contributed by atoms with Crippen molar-refractivity contribution in [3.63, 3.8) is 0 Å². The number of carbonyl (C=O) groups is 3. The molecule has 0 fully saturated rings. The second kappa shape index (κ2) is 15.8. The third kappa shape index (κ3) is 8.53. The number of carbonyl (C=O) groups excluding carboxylic acids is 3. The van der Waals surface area contributed by atoms with Gasteiger partial charge in [-0.25, -0.2) is 19.4 Å². The molecule has 0 bridgehead atoms. The number of allylic oxidation sites excluding steroid dienone is 1. The molecule has 0 spiro atoms. The summed E-state index contributed by atoms with van der Waals surface area (Å²) < 4.78 is 41.3. The van der Waals surface area contributed by atoms with Gasteiger partial charge in [-0.2, -0.15) is 5.10 Å². The molecule has 3 amide bonds. The predicted octanol–water partition coefficient (Wildman–Crippen LogP) is 4.90. The number of hydrazone groups is 1. The maximum Gasteiger partial charge on any atom is 0.338 e. The number of nitrogens with zero attached hydrogens (tertiary/aromatic N) is 1. The molecule has 0 saturated carbocycles. The van der Waals surface area contributed by atoms with Crippen molar-refractivity contribution in [3.8, 4) is 23.0 Å². The molecule has 3 aromatic rings. The zero-order valence-corrected chi connectivity index (χ0v) is 27.0. The summed E-state index contributed by atoms with van der Waals surface area (Å²) in [5, 5.41) is 9.31. The first kappa shape index (κ1) is 33.8. The van der Waals surface area contributed by atoms with Crippen molar-refractivity contribution >= 4 is 40.1 Å². The van der Waals surface area contributed by atoms with Crippen molar-refractivity contribution in [3.05, 3.63) is 92.8 Å². The summed E-state index contributed by atoms with van der Waals surface area (Å²) in [7, 11) is 2.92. The van der Waals surface area contributed by atoms with Gasteiger partial charge in [0, 0.05) is 15.7 Å². The lowest BCUT2D eigenvalue weighted by Gasteiger charge is -2.28. The molecule has 1 aliphatic heterocycles. The Morgan fingerprint density at radius 2 is 1.72 bits per heavy atom. The molecular formula is C32H32BrFN4O8. The number of hydrogen-bond acceptors (Lipinski definition) is 9. The minimum atomic E-state index is -0.790. The predicted molar refractivity (Wildman–Crippen MR) is 169 cm³/mol. The van der Waals surface area contributed by atoms with E-state index >= 15 is 0 Å². The number of nitrogens with one attached hydrogen (secondary N) is 3. The molecule has 1 heterocycles. The SMILES string of the molecule is CCOC(=O)C1=C(C)NC(=O)N[C@H]1c1ccc(OCC(=O)N/N=C\c2cc(OC)c(OCc3ccc(F)cc3)cc2Br)c(OC)c1. The van der Waals surface area contributed by atoms with E-state index in [0.29, 0.717) is 32.8 Å². The lowest BCUT2D eigenvalue weighted by molar-refractivity contribution is -0.139. The average Bonchev–Trinajstić information content (AvgIpc) is 3.03. The Morgan fingerprint density at radius 1 is 1.00 bits per heavy atom. The summed E-state index contributed by atoms with van der Waals surface area (Å²) in [6.45, 7) is 3.30. The molecule has 0 saturated heterocycles. The van der Waals surface area contributed by atoms with Gasteiger partial charge in [-0.05, 0) is 77.3 Å². The van der Waals surface area contributed by atoms with Gasteiger partial charge in [0.15, 0.2) is 29.6 Å². The monoisotopic (exact) mass is 698 g/mol. The first-order chi connectivity index (χ1) is 22.1. The van der Waals surface area contributed by atoms with Gasteiger partial charge in [-0.1, -0.05) is 18.2 Å². The molecule has 242 valence electrons. The lowest BCUT2D eigenvalue weighted by atomic mass is 9.95. The van der Waals surface area contributed by atoms with E-state index in [9.17, 15) is 18.8 Å². The molecule has 12 nitrogen and oxygen atoms in total. The number of halogens is 2. The molecule has 3 aromatic carbocycles. The van der Waals surface area contributed by atoms with Gasteiger partial charge in [0.25, 0.3) is 5.91 Å². The van der Waals surface area contributed by atoms with E-state index < -0.39 is 23.9 Å². The molecule has 4 rings (SSSR count). The van der Waals surface area contributed by atoms with Crippen LogP contribution in [-0.2, 0) is 20.9 Å². The smallest absolute Gasteiger partial charge is 0.338 e. The molecule has 0 aromatic heterocycles. The Bertz CT molecular complexity index is 1660. The maximum absolute atomic E-state index is 13.2. The minimum absolute atomic E-state index is 0.172. The quantitative estimate of drug-likeness (QED) is 0.130. The molecule has 1 aliphatic rings. The first-order valence-corrected chi connectivity index (χ1v) is 14.8. The van der Waals surface area contributed by atoms with E-state index in [1.54, 1.807) is 56.3 Å². The Labute approximate surface area is 273 Å². The fourth-order valence-corrected chi connectivity index (χ4v) is 4.84. The summed E-state index contributed by atoms with van der Waals surface area (Å²) in [4.78, 5) is 37.3. The van der Waals surface area contributed by atoms with Crippen molar-refractivity contribution in [1.29, 1.82) is 0 Å². The van der Waals surface area contributed by atoms with Gasteiger partial charge < -0.3 is 34.3 Å². The number of ether oxygens (including phenoxy) is 5. The molecule has 1 atom stereocenters. The molecule has 3 N–H and O–H groups in total. The summed E-state index contributed by atoms with van der Waals surface area (Å²) >= 11 is 3.47. The van der Waals surface area contributed by atoms with Crippen LogP contribution in [-0.4, -0.2) is 51.6 Å². The second-order valence-corrected chi connectivity index (χ2v) is 10.6. The van der Waals surface area contributed by atoms with E-state index in [0.717, 1.165) is 5.56 Å². The highest BCUT2D eigenvalue weighted by Crippen LogP contribution is 2.35. The van der Waals surface area contributed by atoms with Crippen LogP contribution in [0.25, 0.3) is 0 Å². The second-order valence-electron chi connectivity index (χ2n) is 9.72. The zero-order valence-electron chi connectivity index (χ0n) is 25.4. The molecular weight excluding hydrogens is 667 g/mol. The molecule has 0 aliphatic carbocycles. The van der Waals surface area contributed by atoms with Gasteiger partial charge >= 0.3 is 12.0 Å². The summed E-state index contributed by atoms with van der Waals surface area (Å²) in [6.07, 6.45) is 1.42. The summed E-state index contributed by atoms with van der Waals surface area (Å²) in [6, 6.07) is 12.9. The van der Waals surface area contributed by atoms with Crippen LogP contribution in [0.2, 0.25) is 0 Å². The van der Waals surface area contributed by atoms with Crippen LogP contribution in [0.15, 0.2) is 75.4 Å². The Kier molecular flexibility index (Phi) is 11.6. The number of urea groups is 1. The number of rotatable bonds is 13. The van der Waals surface area contributed by atoms with Gasteiger partial charge in [0.2, 0.25) is 0 Å². The number of amides is 3. The molecule has 0 unspecified atom stereocenters. The summed E-state index contributed by atoms with van der Waals surface area (Å²) in [5.74, 6) is -0.0117. The topological polar surface area (TPSA) is 146 Å². The average molecular weight is 700 g/mol. The van der Waals surface area contributed by atoms with Crippen molar-refractivity contribution in [2.24, 2.45) is 5.10 Å². The number of methoxy groups -OCH3 is 2. The van der Waals surface area contributed by atoms with E-state index in [1.165, 1.54) is 32.6 Å². The van der Waals surface area contributed by atoms with Crippen LogP contribution >= 0.6 is 15.9 Å². The van der Waals surface area contributed by atoms with Crippen LogP contribution in [0.4, 0.5) is 9.18 Å². The van der Waals surface area contributed by atoms with Crippen molar-refractivity contribution in [2.75, 3.05) is 27.4 Å². The molecule has 46 heavy (non-hydrogen) atoms. The van der Waals surface area contributed by atoms with Crippen molar-refractivity contribution in [1.82, 2.24) is 16.1 Å². The van der Waals surface area contributed by atoms with Gasteiger partial charge in [0.05, 0.1) is 38.7 Å². The highest BCUT2D eigenvalue weighted by Gasteiger charge is 2.32. The van der Waals surface area contributed by atoms with E-state index in [-0.39, 0.29) is 42.7 Å². The Morgan fingerprint density at radius 3 is 2.41 bits per heavy atom. The van der Waals surface area contributed by atoms with Gasteiger partial charge in [0.1, 0.15) is 12.4 Å². The van der Waals surface area contributed by atoms with Crippen LogP contribution in [0.1, 0.15) is 36.6 Å². The van der Waals surface area contributed by atoms with Crippen LogP contribution in [0.5, 0.6) is 23.0 Å². The van der Waals surface area contributed by atoms with E-state index in [1.807, 2.05) is 0 Å². The largest absolute Gasteiger partial charge is 0.493 e. The first-order valence-electron chi connectivity index (χ1n) is 14.0. The summed E-state index contributed by atoms with van der Waals surface area (Å²) in [5.41, 5.74) is 4.96. The van der Waals surface area contributed by atoms with Crippen LogP contribution in [0, 0.1) is 5.82 Å². The number of esters is 1. The van der Waals surface area contributed by atoms with Crippen LogP contribution < -0.4 is 35.0 Å². The molecule has 14 heteroatoms. The molecule has 0 radical (unpaired) electrons. The van der Waals surface area contributed by atoms with E-state index in [2.05, 4.69) is 37.1 Å². The Balaban J connectivity index is 1.37. The highest BCUT2D eigenvalue weighted by atomic mass is 79.9. The number of benzene rings is 3. The third-order valence-electron chi connectivity index (χ3n) is 6.63. The van der Waals surface area contributed by atoms with Crippen LogP contribution in [0.3, 0.4) is 0 Å². The fraction of sp³-hybridized carbons (Fsp3) is 0.250.